The third kappa shape index (κ3) is 10.5. The maximum atomic E-state index is 13.3. The van der Waals surface area contributed by atoms with Gasteiger partial charge in [-0.3, -0.25) is 4.90 Å². The number of unbranched alkanes of at least 4 members (excludes halogenated alkanes) is 8. The molecule has 0 N–H and O–H groups in total. The monoisotopic (exact) mass is 457 g/mol. The van der Waals surface area contributed by atoms with Crippen molar-refractivity contribution in [2.75, 3.05) is 6.54 Å². The molecule has 0 bridgehead atoms. The average Bonchev–Trinajstić information content (AvgIpc) is 2.80. The molecule has 0 aliphatic heterocycles. The van der Waals surface area contributed by atoms with Gasteiger partial charge in [0.05, 0.1) is 5.56 Å². The Hall–Kier alpha value is -2.25. The van der Waals surface area contributed by atoms with Gasteiger partial charge in [-0.15, -0.1) is 0 Å². The fourth-order valence-electron chi connectivity index (χ4n) is 3.92. The van der Waals surface area contributed by atoms with Crippen molar-refractivity contribution in [3.8, 4) is 11.8 Å². The van der Waals surface area contributed by atoms with Crippen LogP contribution in [0.15, 0.2) is 48.5 Å². The van der Waals surface area contributed by atoms with E-state index >= 15 is 0 Å². The second-order valence-electron chi connectivity index (χ2n) is 8.68. The lowest BCUT2D eigenvalue weighted by atomic mass is 10.1. The first-order valence-corrected chi connectivity index (χ1v) is 12.4. The molecule has 0 saturated carbocycles. The van der Waals surface area contributed by atoms with Crippen LogP contribution < -0.4 is 0 Å². The van der Waals surface area contributed by atoms with E-state index in [0.717, 1.165) is 30.0 Å². The van der Waals surface area contributed by atoms with E-state index in [-0.39, 0.29) is 6.54 Å². The lowest BCUT2D eigenvalue weighted by molar-refractivity contribution is -0.138. The second kappa shape index (κ2) is 14.8. The summed E-state index contributed by atoms with van der Waals surface area (Å²) in [4.78, 5) is 2.02. The normalized spacial score (nSPS) is 11.5. The zero-order valence-corrected chi connectivity index (χ0v) is 20.2. The van der Waals surface area contributed by atoms with Gasteiger partial charge in [0.2, 0.25) is 0 Å². The van der Waals surface area contributed by atoms with Gasteiger partial charge in [-0.1, -0.05) is 101 Å². The molecule has 180 valence electrons. The van der Waals surface area contributed by atoms with Crippen molar-refractivity contribution < 1.29 is 13.2 Å². The highest BCUT2D eigenvalue weighted by Crippen LogP contribution is 2.32. The molecule has 0 aromatic heterocycles. The van der Waals surface area contributed by atoms with E-state index in [1.165, 1.54) is 51.0 Å². The lowest BCUT2D eigenvalue weighted by Gasteiger charge is -2.23. The van der Waals surface area contributed by atoms with Crippen LogP contribution >= 0.6 is 0 Å². The van der Waals surface area contributed by atoms with Gasteiger partial charge in [0, 0.05) is 25.1 Å². The molecule has 0 atom stereocenters. The predicted octanol–water partition coefficient (Wildman–Crippen LogP) is 8.61. The van der Waals surface area contributed by atoms with Gasteiger partial charge >= 0.3 is 6.18 Å². The first-order valence-electron chi connectivity index (χ1n) is 12.4. The van der Waals surface area contributed by atoms with Crippen LogP contribution in [0.1, 0.15) is 93.9 Å². The summed E-state index contributed by atoms with van der Waals surface area (Å²) >= 11 is 0. The molecule has 0 fully saturated rings. The molecule has 0 radical (unpaired) electrons. The van der Waals surface area contributed by atoms with Gasteiger partial charge in [0.1, 0.15) is 0 Å². The van der Waals surface area contributed by atoms with Crippen LogP contribution in [0.3, 0.4) is 0 Å². The smallest absolute Gasteiger partial charge is 0.295 e. The van der Waals surface area contributed by atoms with Crippen LogP contribution in [0, 0.1) is 11.8 Å². The molecule has 0 heterocycles. The quantitative estimate of drug-likeness (QED) is 0.215. The van der Waals surface area contributed by atoms with Crippen LogP contribution in [0.4, 0.5) is 13.2 Å². The molecular weight excluding hydrogens is 419 g/mol. The summed E-state index contributed by atoms with van der Waals surface area (Å²) in [5, 5.41) is 0. The number of hydrogen-bond acceptors (Lipinski definition) is 1. The van der Waals surface area contributed by atoms with E-state index < -0.39 is 11.7 Å². The molecule has 0 spiro atoms. The van der Waals surface area contributed by atoms with E-state index in [1.54, 1.807) is 12.1 Å². The SMILES string of the molecule is CCCCCCCCCCC#Cc1ccc(CN(CC)Cc2ccccc2C(F)(F)F)cc1. The van der Waals surface area contributed by atoms with Crippen LogP contribution in [0.25, 0.3) is 0 Å². The van der Waals surface area contributed by atoms with Gasteiger partial charge in [-0.2, -0.15) is 13.2 Å². The number of benzene rings is 2. The Morgan fingerprint density at radius 1 is 0.758 bits per heavy atom. The van der Waals surface area contributed by atoms with Crippen LogP contribution in [0.2, 0.25) is 0 Å². The Balaban J connectivity index is 1.79. The number of rotatable bonds is 13. The van der Waals surface area contributed by atoms with Crippen LogP contribution in [-0.4, -0.2) is 11.4 Å². The zero-order chi connectivity index (χ0) is 23.9. The summed E-state index contributed by atoms with van der Waals surface area (Å²) in [6.07, 6.45) is 7.03. The molecular formula is C29H38F3N. The molecule has 0 aliphatic carbocycles. The fourth-order valence-corrected chi connectivity index (χ4v) is 3.92. The number of alkyl halides is 3. The van der Waals surface area contributed by atoms with Crippen molar-refractivity contribution in [1.82, 2.24) is 4.90 Å². The Morgan fingerprint density at radius 2 is 1.39 bits per heavy atom. The summed E-state index contributed by atoms with van der Waals surface area (Å²) in [7, 11) is 0. The van der Waals surface area contributed by atoms with Gasteiger partial charge < -0.3 is 0 Å². The van der Waals surface area contributed by atoms with Gasteiger partial charge in [-0.25, -0.2) is 0 Å². The van der Waals surface area contributed by atoms with Crippen molar-refractivity contribution in [3.05, 3.63) is 70.8 Å². The molecule has 1 nitrogen and oxygen atoms in total. The van der Waals surface area contributed by atoms with Crippen molar-refractivity contribution in [2.45, 2.75) is 90.9 Å². The maximum absolute atomic E-state index is 13.3. The Labute approximate surface area is 198 Å². The molecule has 2 aromatic carbocycles. The topological polar surface area (TPSA) is 3.24 Å². The summed E-state index contributed by atoms with van der Waals surface area (Å²) in [6, 6.07) is 13.9. The standard InChI is InChI=1S/C29H38F3N/c1-3-5-6-7-8-9-10-11-12-13-16-25-19-21-26(22-20-25)23-33(4-2)24-27-17-14-15-18-28(27)29(30,31)32/h14-15,17-22H,3-12,23-24H2,1-2H3. The first kappa shape index (κ1) is 27.0. The highest BCUT2D eigenvalue weighted by Gasteiger charge is 2.33. The maximum Gasteiger partial charge on any atom is 0.416 e. The Bertz CT molecular complexity index is 859. The van der Waals surface area contributed by atoms with Crippen LogP contribution in [0.5, 0.6) is 0 Å². The van der Waals surface area contributed by atoms with E-state index in [0.29, 0.717) is 18.7 Å². The minimum atomic E-state index is -4.33. The first-order chi connectivity index (χ1) is 15.9. The molecule has 0 aliphatic rings. The van der Waals surface area contributed by atoms with Gasteiger partial charge in [-0.05, 0) is 42.3 Å². The van der Waals surface area contributed by atoms with Crippen molar-refractivity contribution in [1.29, 1.82) is 0 Å². The third-order valence-corrected chi connectivity index (χ3v) is 5.91. The minimum Gasteiger partial charge on any atom is -0.295 e. The van der Waals surface area contributed by atoms with Crippen molar-refractivity contribution in [2.24, 2.45) is 0 Å². The highest BCUT2D eigenvalue weighted by atomic mass is 19.4. The zero-order valence-electron chi connectivity index (χ0n) is 20.2. The van der Waals surface area contributed by atoms with Crippen LogP contribution in [-0.2, 0) is 19.3 Å². The number of nitrogens with zero attached hydrogens (tertiary/aromatic N) is 1. The highest BCUT2D eigenvalue weighted by molar-refractivity contribution is 5.36. The molecule has 0 saturated heterocycles. The predicted molar refractivity (Wildman–Crippen MR) is 132 cm³/mol. The van der Waals surface area contributed by atoms with Gasteiger partial charge in [0.15, 0.2) is 0 Å². The number of halogens is 3. The Morgan fingerprint density at radius 3 is 2.03 bits per heavy atom. The summed E-state index contributed by atoms with van der Waals surface area (Å²) < 4.78 is 39.9. The fraction of sp³-hybridized carbons (Fsp3) is 0.517. The molecule has 0 unspecified atom stereocenters. The largest absolute Gasteiger partial charge is 0.416 e. The van der Waals surface area contributed by atoms with E-state index in [9.17, 15) is 13.2 Å². The molecule has 2 aromatic rings. The third-order valence-electron chi connectivity index (χ3n) is 5.91. The lowest BCUT2D eigenvalue weighted by Crippen LogP contribution is -2.24. The van der Waals surface area contributed by atoms with Crippen molar-refractivity contribution in [3.63, 3.8) is 0 Å². The number of hydrogen-bond donors (Lipinski definition) is 0. The van der Waals surface area contributed by atoms with E-state index in [1.807, 2.05) is 36.1 Å². The van der Waals surface area contributed by atoms with Crippen molar-refractivity contribution >= 4 is 0 Å². The summed E-state index contributed by atoms with van der Waals surface area (Å²) in [5.74, 6) is 6.50. The minimum absolute atomic E-state index is 0.270. The molecule has 2 rings (SSSR count). The van der Waals surface area contributed by atoms with E-state index in [4.69, 9.17) is 0 Å². The Kier molecular flexibility index (Phi) is 12.1. The summed E-state index contributed by atoms with van der Waals surface area (Å²) in [6.45, 7) is 5.77. The van der Waals surface area contributed by atoms with Gasteiger partial charge in [0.25, 0.3) is 0 Å². The molecule has 4 heteroatoms. The molecule has 33 heavy (non-hydrogen) atoms. The average molecular weight is 458 g/mol. The van der Waals surface area contributed by atoms with E-state index in [2.05, 4.69) is 18.8 Å². The second-order valence-corrected chi connectivity index (χ2v) is 8.68. The molecule has 0 amide bonds. The summed E-state index contributed by atoms with van der Waals surface area (Å²) in [5.41, 5.74) is 1.83.